The van der Waals surface area contributed by atoms with Gasteiger partial charge >= 0.3 is 0 Å². The molecule has 1 aromatic heterocycles. The molecule has 1 aromatic carbocycles. The van der Waals surface area contributed by atoms with Crippen LogP contribution >= 0.6 is 22.9 Å². The van der Waals surface area contributed by atoms with Crippen LogP contribution in [-0.4, -0.2) is 54.3 Å². The predicted molar refractivity (Wildman–Crippen MR) is 135 cm³/mol. The largest absolute Gasteiger partial charge is 0.348 e. The van der Waals surface area contributed by atoms with Gasteiger partial charge in [-0.25, -0.2) is 8.42 Å². The van der Waals surface area contributed by atoms with Gasteiger partial charge in [0.15, 0.2) is 9.84 Å². The summed E-state index contributed by atoms with van der Waals surface area (Å²) in [5.74, 6) is -0.417. The Bertz CT molecular complexity index is 1200. The number of hydrogen-bond acceptors (Lipinski definition) is 6. The highest BCUT2D eigenvalue weighted by Crippen LogP contribution is 2.50. The Labute approximate surface area is 209 Å². The van der Waals surface area contributed by atoms with Crippen LogP contribution in [0.25, 0.3) is 0 Å². The Kier molecular flexibility index (Phi) is 6.85. The number of fused-ring (bicyclic) bond motifs is 1. The van der Waals surface area contributed by atoms with Crippen LogP contribution in [0.15, 0.2) is 29.6 Å². The summed E-state index contributed by atoms with van der Waals surface area (Å²) in [5.41, 5.74) is 7.84. The number of carbonyl (C=O) groups is 2. The molecule has 3 N–H and O–H groups in total. The van der Waals surface area contributed by atoms with Gasteiger partial charge in [-0.1, -0.05) is 23.7 Å². The maximum atomic E-state index is 13.4. The Morgan fingerprint density at radius 3 is 2.56 bits per heavy atom. The zero-order chi connectivity index (χ0) is 24.7. The van der Waals surface area contributed by atoms with E-state index in [1.165, 1.54) is 11.3 Å². The Balaban J connectivity index is 1.46. The molecule has 2 heterocycles. The number of thiophene rings is 1. The van der Waals surface area contributed by atoms with Crippen molar-refractivity contribution in [2.45, 2.75) is 55.6 Å². The van der Waals surface area contributed by atoms with Crippen molar-refractivity contribution < 1.29 is 18.0 Å². The van der Waals surface area contributed by atoms with E-state index in [1.807, 2.05) is 12.1 Å². The number of sulfone groups is 1. The third-order valence-electron chi connectivity index (χ3n) is 6.95. The van der Waals surface area contributed by atoms with Crippen LogP contribution in [0, 0.1) is 0 Å². The van der Waals surface area contributed by atoms with Gasteiger partial charge in [0.1, 0.15) is 0 Å². The summed E-state index contributed by atoms with van der Waals surface area (Å²) in [7, 11) is -3.48. The van der Waals surface area contributed by atoms with Crippen LogP contribution in [-0.2, 0) is 22.8 Å². The molecule has 0 radical (unpaired) electrons. The molecule has 1 aliphatic heterocycles. The number of rotatable bonds is 9. The zero-order valence-corrected chi connectivity index (χ0v) is 21.8. The molecule has 0 spiro atoms. The van der Waals surface area contributed by atoms with E-state index in [2.05, 4.69) is 5.32 Å². The first-order valence-corrected chi connectivity index (χ1v) is 14.1. The highest BCUT2D eigenvalue weighted by atomic mass is 35.5. The van der Waals surface area contributed by atoms with E-state index in [0.717, 1.165) is 11.1 Å². The minimum atomic E-state index is -3.48. The number of benzene rings is 1. The fraction of sp³-hybridized carbons (Fsp3) is 0.500. The SMILES string of the molecule is CC(C)(CCN)S(=O)(=O)C1(CN2CCc3c(C(=O)NCc4ccc(Cl)cc4)csc3C2=O)CC1. The first-order valence-electron chi connectivity index (χ1n) is 11.4. The quantitative estimate of drug-likeness (QED) is 0.523. The second-order valence-corrected chi connectivity index (χ2v) is 14.0. The zero-order valence-electron chi connectivity index (χ0n) is 19.4. The lowest BCUT2D eigenvalue weighted by atomic mass is 10.0. The van der Waals surface area contributed by atoms with Gasteiger partial charge in [0.25, 0.3) is 11.8 Å². The van der Waals surface area contributed by atoms with Gasteiger partial charge in [0.2, 0.25) is 0 Å². The van der Waals surface area contributed by atoms with Crippen LogP contribution in [0.3, 0.4) is 0 Å². The van der Waals surface area contributed by atoms with Crippen LogP contribution in [0.5, 0.6) is 0 Å². The molecule has 0 bridgehead atoms. The molecule has 1 fully saturated rings. The van der Waals surface area contributed by atoms with Crippen molar-refractivity contribution >= 4 is 44.6 Å². The monoisotopic (exact) mass is 523 g/mol. The maximum absolute atomic E-state index is 13.4. The van der Waals surface area contributed by atoms with Crippen LogP contribution < -0.4 is 11.1 Å². The summed E-state index contributed by atoms with van der Waals surface area (Å²) in [6, 6.07) is 7.24. The number of carbonyl (C=O) groups excluding carboxylic acids is 2. The molecule has 2 amide bonds. The predicted octanol–water partition coefficient (Wildman–Crippen LogP) is 3.40. The number of amides is 2. The van der Waals surface area contributed by atoms with Crippen molar-refractivity contribution in [1.29, 1.82) is 0 Å². The molecule has 0 atom stereocenters. The summed E-state index contributed by atoms with van der Waals surface area (Å²) in [6.45, 7) is 4.69. The minimum absolute atomic E-state index is 0.192. The molecule has 0 unspecified atom stereocenters. The average Bonchev–Trinajstić information content (AvgIpc) is 3.45. The van der Waals surface area contributed by atoms with Crippen molar-refractivity contribution in [2.75, 3.05) is 19.6 Å². The molecule has 2 aromatic rings. The number of halogens is 1. The number of nitrogens with two attached hydrogens (primary N) is 1. The van der Waals surface area contributed by atoms with Gasteiger partial charge in [-0.3, -0.25) is 9.59 Å². The fourth-order valence-electron chi connectivity index (χ4n) is 4.59. The third kappa shape index (κ3) is 4.51. The van der Waals surface area contributed by atoms with Crippen LogP contribution in [0.2, 0.25) is 5.02 Å². The van der Waals surface area contributed by atoms with Gasteiger partial charge in [-0.05, 0) is 69.3 Å². The molecule has 10 heteroatoms. The number of nitrogens with one attached hydrogen (secondary N) is 1. The van der Waals surface area contributed by atoms with E-state index in [9.17, 15) is 18.0 Å². The fourth-order valence-corrected chi connectivity index (χ4v) is 8.31. The van der Waals surface area contributed by atoms with Crippen molar-refractivity contribution in [2.24, 2.45) is 5.73 Å². The molecule has 34 heavy (non-hydrogen) atoms. The lowest BCUT2D eigenvalue weighted by Crippen LogP contribution is -2.50. The molecule has 7 nitrogen and oxygen atoms in total. The normalized spacial score (nSPS) is 17.4. The van der Waals surface area contributed by atoms with Crippen molar-refractivity contribution in [3.8, 4) is 0 Å². The van der Waals surface area contributed by atoms with Gasteiger partial charge < -0.3 is 16.0 Å². The van der Waals surface area contributed by atoms with Gasteiger partial charge in [-0.2, -0.15) is 0 Å². The highest BCUT2D eigenvalue weighted by molar-refractivity contribution is 7.94. The van der Waals surface area contributed by atoms with E-state index >= 15 is 0 Å². The molecular formula is C24H30ClN3O4S2. The van der Waals surface area contributed by atoms with Crippen LogP contribution in [0.4, 0.5) is 0 Å². The topological polar surface area (TPSA) is 110 Å². The molecule has 1 aliphatic carbocycles. The van der Waals surface area contributed by atoms with E-state index in [-0.39, 0.29) is 18.4 Å². The Morgan fingerprint density at radius 1 is 1.26 bits per heavy atom. The summed E-state index contributed by atoms with van der Waals surface area (Å²) in [5, 5.41) is 5.26. The van der Waals surface area contributed by atoms with Crippen molar-refractivity contribution in [3.63, 3.8) is 0 Å². The van der Waals surface area contributed by atoms with Gasteiger partial charge in [0.05, 0.1) is 19.9 Å². The molecule has 1 saturated carbocycles. The first kappa shape index (κ1) is 25.2. The summed E-state index contributed by atoms with van der Waals surface area (Å²) < 4.78 is 25.0. The van der Waals surface area contributed by atoms with Crippen molar-refractivity contribution in [1.82, 2.24) is 10.2 Å². The minimum Gasteiger partial charge on any atom is -0.348 e. The van der Waals surface area contributed by atoms with E-state index in [1.54, 1.807) is 36.3 Å². The maximum Gasteiger partial charge on any atom is 0.264 e. The van der Waals surface area contributed by atoms with E-state index in [4.69, 9.17) is 17.3 Å². The Hall–Kier alpha value is -1.94. The lowest BCUT2D eigenvalue weighted by Gasteiger charge is -2.35. The van der Waals surface area contributed by atoms with Gasteiger partial charge in [0, 0.05) is 30.0 Å². The van der Waals surface area contributed by atoms with Gasteiger partial charge in [-0.15, -0.1) is 11.3 Å². The molecular weight excluding hydrogens is 494 g/mol. The van der Waals surface area contributed by atoms with E-state index < -0.39 is 19.3 Å². The number of hydrogen-bond donors (Lipinski definition) is 2. The first-order chi connectivity index (χ1) is 16.0. The lowest BCUT2D eigenvalue weighted by molar-refractivity contribution is 0.0741. The van der Waals surface area contributed by atoms with Crippen LogP contribution in [0.1, 0.15) is 64.3 Å². The highest BCUT2D eigenvalue weighted by Gasteiger charge is 2.60. The Morgan fingerprint density at radius 2 is 1.94 bits per heavy atom. The number of nitrogens with zero attached hydrogens (tertiary/aromatic N) is 1. The molecule has 184 valence electrons. The second kappa shape index (κ2) is 9.26. The van der Waals surface area contributed by atoms with Crippen molar-refractivity contribution in [3.05, 3.63) is 56.2 Å². The standard InChI is InChI=1S/C24H30ClN3O4S2/c1-23(2,10-11-26)34(31,32)24(8-9-24)15-28-12-7-18-19(14-33-20(18)22(28)30)21(29)27-13-16-3-5-17(25)6-4-16/h3-6,14H,7-13,15,26H2,1-2H3,(H,27,29). The van der Waals surface area contributed by atoms with E-state index in [0.29, 0.717) is 60.8 Å². The molecule has 0 saturated heterocycles. The average molecular weight is 524 g/mol. The smallest absolute Gasteiger partial charge is 0.264 e. The molecule has 2 aliphatic rings. The third-order valence-corrected chi connectivity index (χ3v) is 11.5. The summed E-state index contributed by atoms with van der Waals surface area (Å²) in [6.07, 6.45) is 2.02. The summed E-state index contributed by atoms with van der Waals surface area (Å²) in [4.78, 5) is 28.2. The summed E-state index contributed by atoms with van der Waals surface area (Å²) >= 11 is 7.15. The second-order valence-electron chi connectivity index (χ2n) is 9.73. The molecule has 4 rings (SSSR count).